The number of benzene rings is 2. The van der Waals surface area contributed by atoms with Crippen molar-refractivity contribution in [2.24, 2.45) is 0 Å². The molecule has 1 heterocycles. The maximum atomic E-state index is 13.6. The second kappa shape index (κ2) is 10.8. The van der Waals surface area contributed by atoms with Crippen molar-refractivity contribution in [2.45, 2.75) is 26.8 Å². The molecule has 1 saturated heterocycles. The molecule has 1 fully saturated rings. The SMILES string of the molecule is CCOc1ccc(C(O)=C2C(=O)C(=O)N(CCN(CC)CC)C2c2ccc(F)cc2)cc1Cl. The van der Waals surface area contributed by atoms with Crippen LogP contribution in [0.5, 0.6) is 5.75 Å². The topological polar surface area (TPSA) is 70.1 Å². The number of ketones is 1. The monoisotopic (exact) mass is 474 g/mol. The highest BCUT2D eigenvalue weighted by molar-refractivity contribution is 6.46. The number of Topliss-reactive ketones (excluding diaryl/α,β-unsaturated/α-hetero) is 1. The van der Waals surface area contributed by atoms with E-state index in [0.29, 0.717) is 24.5 Å². The lowest BCUT2D eigenvalue weighted by Crippen LogP contribution is -2.38. The average Bonchev–Trinajstić information content (AvgIpc) is 3.06. The number of carbonyl (C=O) groups excluding carboxylic acids is 2. The van der Waals surface area contributed by atoms with Crippen molar-refractivity contribution in [1.82, 2.24) is 9.80 Å². The highest BCUT2D eigenvalue weighted by Gasteiger charge is 2.46. The Kier molecular flexibility index (Phi) is 8.10. The van der Waals surface area contributed by atoms with Gasteiger partial charge in [-0.15, -0.1) is 0 Å². The average molecular weight is 475 g/mol. The number of amides is 1. The van der Waals surface area contributed by atoms with Crippen molar-refractivity contribution >= 4 is 29.1 Å². The Bertz CT molecular complexity index is 1050. The van der Waals surface area contributed by atoms with Crippen LogP contribution in [0.25, 0.3) is 5.76 Å². The van der Waals surface area contributed by atoms with Crippen LogP contribution in [0.3, 0.4) is 0 Å². The Morgan fingerprint density at radius 2 is 1.79 bits per heavy atom. The van der Waals surface area contributed by atoms with E-state index in [1.807, 2.05) is 20.8 Å². The van der Waals surface area contributed by atoms with Crippen LogP contribution in [-0.4, -0.2) is 59.4 Å². The molecular weight excluding hydrogens is 447 g/mol. The Morgan fingerprint density at radius 1 is 1.12 bits per heavy atom. The molecule has 1 amide bonds. The van der Waals surface area contributed by atoms with E-state index in [1.54, 1.807) is 12.1 Å². The van der Waals surface area contributed by atoms with Crippen LogP contribution in [0.15, 0.2) is 48.0 Å². The lowest BCUT2D eigenvalue weighted by Gasteiger charge is -2.28. The van der Waals surface area contributed by atoms with E-state index in [1.165, 1.54) is 35.2 Å². The number of aliphatic hydroxyl groups is 1. The summed E-state index contributed by atoms with van der Waals surface area (Å²) in [5, 5.41) is 11.4. The standard InChI is InChI=1S/C25H28ClFN2O4/c1-4-28(5-2)13-14-29-22(16-7-10-18(27)11-8-16)21(24(31)25(29)32)23(30)17-9-12-20(33-6-3)19(26)15-17/h7-12,15,22,30H,4-6,13-14H2,1-3H3. The molecular formula is C25H28ClFN2O4. The quantitative estimate of drug-likeness (QED) is 0.325. The Labute approximate surface area is 198 Å². The molecule has 1 unspecified atom stereocenters. The zero-order chi connectivity index (χ0) is 24.1. The van der Waals surface area contributed by atoms with E-state index in [4.69, 9.17) is 16.3 Å². The number of hydrogen-bond donors (Lipinski definition) is 1. The summed E-state index contributed by atoms with van der Waals surface area (Å²) in [5.41, 5.74) is 0.775. The van der Waals surface area contributed by atoms with Crippen molar-refractivity contribution < 1.29 is 23.8 Å². The molecule has 2 aromatic carbocycles. The van der Waals surface area contributed by atoms with Gasteiger partial charge in [-0.2, -0.15) is 0 Å². The number of likely N-dealkylation sites (tertiary alicyclic amines) is 1. The van der Waals surface area contributed by atoms with E-state index in [9.17, 15) is 19.1 Å². The third-order valence-electron chi connectivity index (χ3n) is 5.78. The molecule has 0 bridgehead atoms. The zero-order valence-electron chi connectivity index (χ0n) is 19.0. The number of halogens is 2. The molecule has 0 aliphatic carbocycles. The van der Waals surface area contributed by atoms with Gasteiger partial charge in [-0.1, -0.05) is 37.6 Å². The summed E-state index contributed by atoms with van der Waals surface area (Å²) in [6.45, 7) is 8.73. The molecule has 0 radical (unpaired) electrons. The van der Waals surface area contributed by atoms with Crippen molar-refractivity contribution in [2.75, 3.05) is 32.8 Å². The van der Waals surface area contributed by atoms with Gasteiger partial charge in [0.05, 0.1) is 23.2 Å². The molecule has 3 rings (SSSR count). The van der Waals surface area contributed by atoms with Gasteiger partial charge in [0.15, 0.2) is 0 Å². The summed E-state index contributed by atoms with van der Waals surface area (Å²) in [6, 6.07) is 9.42. The predicted molar refractivity (Wildman–Crippen MR) is 126 cm³/mol. The fourth-order valence-corrected chi connectivity index (χ4v) is 4.20. The van der Waals surface area contributed by atoms with Gasteiger partial charge in [0, 0.05) is 18.7 Å². The van der Waals surface area contributed by atoms with Crippen molar-refractivity contribution in [3.8, 4) is 5.75 Å². The number of nitrogens with zero attached hydrogens (tertiary/aromatic N) is 2. The Morgan fingerprint density at radius 3 is 2.36 bits per heavy atom. The maximum absolute atomic E-state index is 13.6. The highest BCUT2D eigenvalue weighted by Crippen LogP contribution is 2.40. The first-order valence-corrected chi connectivity index (χ1v) is 11.4. The summed E-state index contributed by atoms with van der Waals surface area (Å²) >= 11 is 6.27. The molecule has 1 atom stereocenters. The molecule has 8 heteroatoms. The van der Waals surface area contributed by atoms with E-state index in [2.05, 4.69) is 4.90 Å². The molecule has 0 spiro atoms. The van der Waals surface area contributed by atoms with Gasteiger partial charge < -0.3 is 19.6 Å². The fraction of sp³-hybridized carbons (Fsp3) is 0.360. The maximum Gasteiger partial charge on any atom is 0.295 e. The molecule has 0 aromatic heterocycles. The number of ether oxygens (including phenoxy) is 1. The summed E-state index contributed by atoms with van der Waals surface area (Å²) in [7, 11) is 0. The molecule has 33 heavy (non-hydrogen) atoms. The van der Waals surface area contributed by atoms with Crippen LogP contribution in [-0.2, 0) is 9.59 Å². The van der Waals surface area contributed by atoms with Gasteiger partial charge in [0.1, 0.15) is 17.3 Å². The van der Waals surface area contributed by atoms with Crippen molar-refractivity contribution in [3.63, 3.8) is 0 Å². The van der Waals surface area contributed by atoms with Gasteiger partial charge in [0.2, 0.25) is 0 Å². The summed E-state index contributed by atoms with van der Waals surface area (Å²) in [5.74, 6) is -1.80. The Balaban J connectivity index is 2.09. The first kappa shape index (κ1) is 24.7. The number of carbonyl (C=O) groups is 2. The lowest BCUT2D eigenvalue weighted by atomic mass is 9.95. The van der Waals surface area contributed by atoms with Gasteiger partial charge in [0.25, 0.3) is 11.7 Å². The second-order valence-electron chi connectivity index (χ2n) is 7.65. The number of aliphatic hydroxyl groups excluding tert-OH is 1. The zero-order valence-corrected chi connectivity index (χ0v) is 19.7. The number of hydrogen-bond acceptors (Lipinski definition) is 5. The predicted octanol–water partition coefficient (Wildman–Crippen LogP) is 4.64. The third-order valence-corrected chi connectivity index (χ3v) is 6.08. The smallest absolute Gasteiger partial charge is 0.295 e. The minimum Gasteiger partial charge on any atom is -0.507 e. The molecule has 176 valence electrons. The minimum absolute atomic E-state index is 0.0496. The summed E-state index contributed by atoms with van der Waals surface area (Å²) < 4.78 is 19.0. The van der Waals surface area contributed by atoms with Gasteiger partial charge in [-0.25, -0.2) is 4.39 Å². The fourth-order valence-electron chi connectivity index (χ4n) is 3.97. The van der Waals surface area contributed by atoms with Crippen LogP contribution >= 0.6 is 11.6 Å². The molecule has 2 aromatic rings. The van der Waals surface area contributed by atoms with Crippen LogP contribution in [0.1, 0.15) is 37.9 Å². The summed E-state index contributed by atoms with van der Waals surface area (Å²) in [6.07, 6.45) is 0. The first-order chi connectivity index (χ1) is 15.8. The van der Waals surface area contributed by atoms with Crippen LogP contribution in [0.4, 0.5) is 4.39 Å². The van der Waals surface area contributed by atoms with E-state index < -0.39 is 23.5 Å². The lowest BCUT2D eigenvalue weighted by molar-refractivity contribution is -0.140. The van der Waals surface area contributed by atoms with Gasteiger partial charge >= 0.3 is 0 Å². The van der Waals surface area contributed by atoms with Crippen molar-refractivity contribution in [1.29, 1.82) is 0 Å². The van der Waals surface area contributed by atoms with E-state index >= 15 is 0 Å². The van der Waals surface area contributed by atoms with Crippen molar-refractivity contribution in [3.05, 3.63) is 70.0 Å². The molecule has 6 nitrogen and oxygen atoms in total. The molecule has 0 saturated carbocycles. The van der Waals surface area contributed by atoms with Crippen LogP contribution in [0.2, 0.25) is 5.02 Å². The largest absolute Gasteiger partial charge is 0.507 e. The summed E-state index contributed by atoms with van der Waals surface area (Å²) in [4.78, 5) is 29.6. The van der Waals surface area contributed by atoms with Gasteiger partial charge in [-0.3, -0.25) is 9.59 Å². The van der Waals surface area contributed by atoms with Gasteiger partial charge in [-0.05, 0) is 55.9 Å². The normalized spacial score (nSPS) is 17.8. The molecule has 1 N–H and O–H groups in total. The van der Waals surface area contributed by atoms with Crippen LogP contribution < -0.4 is 4.74 Å². The molecule has 1 aliphatic heterocycles. The minimum atomic E-state index is -0.841. The third kappa shape index (κ3) is 5.20. The first-order valence-electron chi connectivity index (χ1n) is 11.0. The second-order valence-corrected chi connectivity index (χ2v) is 8.06. The molecule has 1 aliphatic rings. The van der Waals surface area contributed by atoms with E-state index in [0.717, 1.165) is 13.1 Å². The number of likely N-dealkylation sites (N-methyl/N-ethyl adjacent to an activating group) is 1. The number of rotatable bonds is 9. The van der Waals surface area contributed by atoms with Crippen LogP contribution in [0, 0.1) is 5.82 Å². The Hall–Kier alpha value is -2.90. The highest BCUT2D eigenvalue weighted by atomic mass is 35.5. The van der Waals surface area contributed by atoms with E-state index in [-0.39, 0.29) is 28.5 Å².